The number of aliphatic hydroxyl groups is 1. The van der Waals surface area contributed by atoms with E-state index < -0.39 is 5.60 Å². The molecule has 0 fully saturated rings. The highest BCUT2D eigenvalue weighted by molar-refractivity contribution is 5.43. The number of methoxy groups -OCH3 is 2. The van der Waals surface area contributed by atoms with Crippen LogP contribution in [0.4, 0.5) is 0 Å². The van der Waals surface area contributed by atoms with Crippen LogP contribution >= 0.6 is 0 Å². The molecule has 1 aromatic heterocycles. The van der Waals surface area contributed by atoms with Crippen LogP contribution in [0.5, 0.6) is 11.5 Å². The molecule has 2 rings (SSSR count). The molecule has 0 bridgehead atoms. The summed E-state index contributed by atoms with van der Waals surface area (Å²) in [5, 5.41) is 10.6. The van der Waals surface area contributed by atoms with Crippen LogP contribution in [0.25, 0.3) is 0 Å². The molecular weight excluding hydrogens is 254 g/mol. The second kappa shape index (κ2) is 5.92. The van der Waals surface area contributed by atoms with Crippen molar-refractivity contribution < 1.29 is 14.6 Å². The van der Waals surface area contributed by atoms with E-state index in [0.29, 0.717) is 17.9 Å². The number of nitrogens with zero attached hydrogens (tertiary/aromatic N) is 1. The average Bonchev–Trinajstić information content (AvgIpc) is 2.47. The molecule has 2 aromatic rings. The molecule has 106 valence electrons. The molecule has 0 amide bonds. The molecule has 0 saturated carbocycles. The Bertz CT molecular complexity index is 567. The second-order valence-corrected chi connectivity index (χ2v) is 4.88. The van der Waals surface area contributed by atoms with Crippen molar-refractivity contribution in [1.29, 1.82) is 0 Å². The molecule has 0 aliphatic carbocycles. The van der Waals surface area contributed by atoms with Crippen molar-refractivity contribution >= 4 is 0 Å². The van der Waals surface area contributed by atoms with E-state index in [4.69, 9.17) is 9.47 Å². The number of rotatable bonds is 5. The molecule has 0 radical (unpaired) electrons. The predicted molar refractivity (Wildman–Crippen MR) is 77.1 cm³/mol. The SMILES string of the molecule is COc1ccc(CC(C)(O)c2cccnc2)cc1OC. The van der Waals surface area contributed by atoms with Crippen LogP contribution in [-0.2, 0) is 12.0 Å². The van der Waals surface area contributed by atoms with Crippen LogP contribution in [0.2, 0.25) is 0 Å². The van der Waals surface area contributed by atoms with Gasteiger partial charge in [0.1, 0.15) is 0 Å². The number of hydrogen-bond donors (Lipinski definition) is 1. The number of hydrogen-bond acceptors (Lipinski definition) is 4. The van der Waals surface area contributed by atoms with Crippen molar-refractivity contribution in [2.75, 3.05) is 14.2 Å². The van der Waals surface area contributed by atoms with Gasteiger partial charge in [-0.15, -0.1) is 0 Å². The van der Waals surface area contributed by atoms with Gasteiger partial charge in [0.25, 0.3) is 0 Å². The highest BCUT2D eigenvalue weighted by atomic mass is 16.5. The van der Waals surface area contributed by atoms with Crippen molar-refractivity contribution in [3.63, 3.8) is 0 Å². The van der Waals surface area contributed by atoms with Crippen LogP contribution in [0.15, 0.2) is 42.7 Å². The topological polar surface area (TPSA) is 51.6 Å². The second-order valence-electron chi connectivity index (χ2n) is 4.88. The van der Waals surface area contributed by atoms with Crippen molar-refractivity contribution in [2.24, 2.45) is 0 Å². The maximum atomic E-state index is 10.6. The van der Waals surface area contributed by atoms with Crippen LogP contribution < -0.4 is 9.47 Å². The third kappa shape index (κ3) is 3.08. The lowest BCUT2D eigenvalue weighted by molar-refractivity contribution is 0.0572. The molecule has 1 aromatic carbocycles. The molecule has 0 aliphatic rings. The molecular formula is C16H19NO3. The summed E-state index contributed by atoms with van der Waals surface area (Å²) in [5.74, 6) is 1.34. The fraction of sp³-hybridized carbons (Fsp3) is 0.312. The normalized spacial score (nSPS) is 13.6. The van der Waals surface area contributed by atoms with Crippen molar-refractivity contribution in [2.45, 2.75) is 18.9 Å². The number of benzene rings is 1. The Morgan fingerprint density at radius 1 is 1.15 bits per heavy atom. The van der Waals surface area contributed by atoms with E-state index in [2.05, 4.69) is 4.98 Å². The van der Waals surface area contributed by atoms with Crippen LogP contribution in [0.3, 0.4) is 0 Å². The Kier molecular flexibility index (Phi) is 4.25. The summed E-state index contributed by atoms with van der Waals surface area (Å²) in [6.07, 6.45) is 3.84. The summed E-state index contributed by atoms with van der Waals surface area (Å²) in [4.78, 5) is 4.05. The van der Waals surface area contributed by atoms with Gasteiger partial charge >= 0.3 is 0 Å². The minimum Gasteiger partial charge on any atom is -0.493 e. The van der Waals surface area contributed by atoms with E-state index in [1.807, 2.05) is 30.3 Å². The first-order valence-electron chi connectivity index (χ1n) is 6.40. The Balaban J connectivity index is 2.25. The Labute approximate surface area is 119 Å². The third-order valence-electron chi connectivity index (χ3n) is 3.28. The van der Waals surface area contributed by atoms with E-state index in [1.54, 1.807) is 33.5 Å². The minimum absolute atomic E-state index is 0.471. The molecule has 1 heterocycles. The number of aromatic nitrogens is 1. The van der Waals surface area contributed by atoms with E-state index >= 15 is 0 Å². The van der Waals surface area contributed by atoms with Crippen LogP contribution in [-0.4, -0.2) is 24.3 Å². The molecule has 20 heavy (non-hydrogen) atoms. The quantitative estimate of drug-likeness (QED) is 0.909. The van der Waals surface area contributed by atoms with Gasteiger partial charge < -0.3 is 14.6 Å². The molecule has 4 heteroatoms. The number of pyridine rings is 1. The van der Waals surface area contributed by atoms with Gasteiger partial charge in [-0.3, -0.25) is 4.98 Å². The van der Waals surface area contributed by atoms with Gasteiger partial charge in [0, 0.05) is 24.4 Å². The van der Waals surface area contributed by atoms with E-state index in [9.17, 15) is 5.11 Å². The first kappa shape index (κ1) is 14.3. The lowest BCUT2D eigenvalue weighted by Gasteiger charge is -2.24. The first-order valence-corrected chi connectivity index (χ1v) is 6.40. The van der Waals surface area contributed by atoms with Crippen LogP contribution in [0.1, 0.15) is 18.1 Å². The monoisotopic (exact) mass is 273 g/mol. The molecule has 0 spiro atoms. The summed E-state index contributed by atoms with van der Waals surface area (Å²) >= 11 is 0. The van der Waals surface area contributed by atoms with Crippen LogP contribution in [0, 0.1) is 0 Å². The van der Waals surface area contributed by atoms with Gasteiger partial charge in [-0.05, 0) is 30.7 Å². The third-order valence-corrected chi connectivity index (χ3v) is 3.28. The molecule has 1 atom stereocenters. The smallest absolute Gasteiger partial charge is 0.160 e. The largest absolute Gasteiger partial charge is 0.493 e. The molecule has 1 N–H and O–H groups in total. The Morgan fingerprint density at radius 3 is 2.50 bits per heavy atom. The zero-order chi connectivity index (χ0) is 14.6. The highest BCUT2D eigenvalue weighted by Crippen LogP contribution is 2.31. The zero-order valence-electron chi connectivity index (χ0n) is 12.0. The fourth-order valence-electron chi connectivity index (χ4n) is 2.17. The van der Waals surface area contributed by atoms with Gasteiger partial charge in [-0.25, -0.2) is 0 Å². The molecule has 0 aliphatic heterocycles. The van der Waals surface area contributed by atoms with Crippen molar-refractivity contribution in [1.82, 2.24) is 4.98 Å². The average molecular weight is 273 g/mol. The van der Waals surface area contributed by atoms with E-state index in [1.165, 1.54) is 0 Å². The van der Waals surface area contributed by atoms with Gasteiger partial charge in [0.15, 0.2) is 11.5 Å². The Morgan fingerprint density at radius 2 is 1.90 bits per heavy atom. The minimum atomic E-state index is -0.978. The van der Waals surface area contributed by atoms with Gasteiger partial charge in [-0.2, -0.15) is 0 Å². The molecule has 4 nitrogen and oxygen atoms in total. The van der Waals surface area contributed by atoms with Crippen molar-refractivity contribution in [3.8, 4) is 11.5 Å². The first-order chi connectivity index (χ1) is 9.56. The van der Waals surface area contributed by atoms with Gasteiger partial charge in [0.05, 0.1) is 19.8 Å². The predicted octanol–water partition coefficient (Wildman–Crippen LogP) is 2.55. The summed E-state index contributed by atoms with van der Waals surface area (Å²) in [6, 6.07) is 9.33. The zero-order valence-corrected chi connectivity index (χ0v) is 12.0. The van der Waals surface area contributed by atoms with Crippen molar-refractivity contribution in [3.05, 3.63) is 53.9 Å². The fourth-order valence-corrected chi connectivity index (χ4v) is 2.17. The molecule has 0 saturated heterocycles. The summed E-state index contributed by atoms with van der Waals surface area (Å²) in [6.45, 7) is 1.78. The highest BCUT2D eigenvalue weighted by Gasteiger charge is 2.24. The summed E-state index contributed by atoms with van der Waals surface area (Å²) in [7, 11) is 3.20. The maximum Gasteiger partial charge on any atom is 0.160 e. The molecule has 1 unspecified atom stereocenters. The standard InChI is InChI=1S/C16H19NO3/c1-16(18,13-5-4-8-17-11-13)10-12-6-7-14(19-2)15(9-12)20-3/h4-9,11,18H,10H2,1-3H3. The summed E-state index contributed by atoms with van der Waals surface area (Å²) < 4.78 is 10.5. The lowest BCUT2D eigenvalue weighted by atomic mass is 9.90. The summed E-state index contributed by atoms with van der Waals surface area (Å²) in [5.41, 5.74) is 0.778. The maximum absolute atomic E-state index is 10.6. The van der Waals surface area contributed by atoms with E-state index in [0.717, 1.165) is 11.1 Å². The number of ether oxygens (including phenoxy) is 2. The van der Waals surface area contributed by atoms with E-state index in [-0.39, 0.29) is 0 Å². The lowest BCUT2D eigenvalue weighted by Crippen LogP contribution is -2.24. The van der Waals surface area contributed by atoms with Gasteiger partial charge in [-0.1, -0.05) is 12.1 Å². The van der Waals surface area contributed by atoms with Gasteiger partial charge in [0.2, 0.25) is 0 Å². The Hall–Kier alpha value is -2.07.